The van der Waals surface area contributed by atoms with Gasteiger partial charge in [-0.3, -0.25) is 10.8 Å². The highest BCUT2D eigenvalue weighted by Crippen LogP contribution is 2.20. The molecule has 0 amide bonds. The van der Waals surface area contributed by atoms with E-state index in [-0.39, 0.29) is 0 Å². The van der Waals surface area contributed by atoms with E-state index in [0.29, 0.717) is 12.1 Å². The minimum absolute atomic E-state index is 0.576. The summed E-state index contributed by atoms with van der Waals surface area (Å²) in [5, 5.41) is 18.5. The summed E-state index contributed by atoms with van der Waals surface area (Å²) in [6.45, 7) is 0. The fourth-order valence-corrected chi connectivity index (χ4v) is 0.887. The van der Waals surface area contributed by atoms with Gasteiger partial charge in [-0.25, -0.2) is 13.2 Å². The molecule has 0 saturated heterocycles. The molecule has 0 heterocycles. The second kappa shape index (κ2) is 4.98. The first-order valence-electron chi connectivity index (χ1n) is 4.19. The highest BCUT2D eigenvalue weighted by Gasteiger charge is 2.13. The topological polar surface area (TPSA) is 98.0 Å². The van der Waals surface area contributed by atoms with Gasteiger partial charge in [-0.1, -0.05) is 0 Å². The van der Waals surface area contributed by atoms with E-state index in [1.165, 1.54) is 6.07 Å². The van der Waals surface area contributed by atoms with Crippen LogP contribution in [0.5, 0.6) is 0 Å². The second-order valence-electron chi connectivity index (χ2n) is 2.82. The molecule has 0 aliphatic heterocycles. The van der Waals surface area contributed by atoms with Crippen LogP contribution in [0.3, 0.4) is 0 Å². The van der Waals surface area contributed by atoms with Crippen molar-refractivity contribution < 1.29 is 13.2 Å². The van der Waals surface area contributed by atoms with E-state index in [1.807, 2.05) is 5.43 Å². The van der Waals surface area contributed by atoms with Gasteiger partial charge in [-0.2, -0.15) is 10.4 Å². The smallest absolute Gasteiger partial charge is 0.201 e. The molecule has 0 aliphatic rings. The van der Waals surface area contributed by atoms with Gasteiger partial charge in [0, 0.05) is 0 Å². The number of nitrogens with zero attached hydrogens (tertiary/aromatic N) is 2. The molecule has 0 aliphatic carbocycles. The zero-order valence-electron chi connectivity index (χ0n) is 8.26. The van der Waals surface area contributed by atoms with E-state index in [9.17, 15) is 13.2 Å². The third kappa shape index (κ3) is 2.72. The average molecular weight is 241 g/mol. The van der Waals surface area contributed by atoms with E-state index in [4.69, 9.17) is 16.4 Å². The van der Waals surface area contributed by atoms with Gasteiger partial charge in [-0.05, 0) is 12.1 Å². The molecule has 1 aromatic rings. The summed E-state index contributed by atoms with van der Waals surface area (Å²) in [5.41, 5.74) is 5.32. The molecular weight excluding hydrogens is 235 g/mol. The van der Waals surface area contributed by atoms with Gasteiger partial charge in [0.25, 0.3) is 0 Å². The van der Waals surface area contributed by atoms with Crippen LogP contribution in [-0.4, -0.2) is 11.5 Å². The Bertz CT molecular complexity index is 532. The van der Waals surface area contributed by atoms with Crippen molar-refractivity contribution in [1.29, 1.82) is 10.7 Å². The zero-order chi connectivity index (χ0) is 13.0. The maximum atomic E-state index is 13.1. The molecule has 0 atom stereocenters. The molecule has 17 heavy (non-hydrogen) atoms. The van der Waals surface area contributed by atoms with Crippen molar-refractivity contribution in [1.82, 2.24) is 0 Å². The van der Waals surface area contributed by atoms with Crippen LogP contribution >= 0.6 is 0 Å². The third-order valence-corrected chi connectivity index (χ3v) is 1.68. The number of nitriles is 1. The van der Waals surface area contributed by atoms with Crippen molar-refractivity contribution in [2.45, 2.75) is 0 Å². The molecule has 4 N–H and O–H groups in total. The van der Waals surface area contributed by atoms with E-state index in [0.717, 1.165) is 0 Å². The summed E-state index contributed by atoms with van der Waals surface area (Å²) in [4.78, 5) is 0. The lowest BCUT2D eigenvalue weighted by molar-refractivity contribution is 0.499. The Hall–Kier alpha value is -2.56. The quantitative estimate of drug-likeness (QED) is 0.322. The highest BCUT2D eigenvalue weighted by molar-refractivity contribution is 6.45. The van der Waals surface area contributed by atoms with Gasteiger partial charge in [0.05, 0.1) is 0 Å². The second-order valence-corrected chi connectivity index (χ2v) is 2.82. The summed E-state index contributed by atoms with van der Waals surface area (Å²) in [5.74, 6) is -4.52. The lowest BCUT2D eigenvalue weighted by Crippen LogP contribution is -2.22. The van der Waals surface area contributed by atoms with Crippen molar-refractivity contribution in [3.05, 3.63) is 29.6 Å². The Kier molecular flexibility index (Phi) is 3.66. The van der Waals surface area contributed by atoms with Crippen LogP contribution in [0.15, 0.2) is 17.2 Å². The SMILES string of the molecule is N#C/C(=N\Nc1c(F)ccc(F)c1F)C(=N)N. The molecule has 88 valence electrons. The molecule has 1 rings (SSSR count). The van der Waals surface area contributed by atoms with Gasteiger partial charge >= 0.3 is 0 Å². The predicted octanol–water partition coefficient (Wildman–Crippen LogP) is 1.33. The van der Waals surface area contributed by atoms with Crippen LogP contribution in [0.25, 0.3) is 0 Å². The summed E-state index contributed by atoms with van der Waals surface area (Å²) in [6.07, 6.45) is 0. The number of rotatable bonds is 3. The standard InChI is InChI=1S/C9H6F3N5/c10-4-1-2-5(11)8(7(4)12)17-16-6(3-13)9(14)15/h1-2,17H,(H3,14,15)/b16-6+. The molecule has 0 bridgehead atoms. The maximum absolute atomic E-state index is 13.1. The summed E-state index contributed by atoms with van der Waals surface area (Å²) in [7, 11) is 0. The van der Waals surface area contributed by atoms with Gasteiger partial charge < -0.3 is 5.73 Å². The normalized spacial score (nSPS) is 10.8. The molecule has 0 saturated carbocycles. The van der Waals surface area contributed by atoms with E-state index >= 15 is 0 Å². The third-order valence-electron chi connectivity index (χ3n) is 1.68. The first kappa shape index (κ1) is 12.5. The number of benzene rings is 1. The molecule has 0 aromatic heterocycles. The van der Waals surface area contributed by atoms with Crippen LogP contribution in [0, 0.1) is 34.2 Å². The summed E-state index contributed by atoms with van der Waals surface area (Å²) in [6, 6.07) is 2.72. The van der Waals surface area contributed by atoms with Gasteiger partial charge in [0.1, 0.15) is 11.8 Å². The number of hydrazone groups is 1. The molecule has 1 aromatic carbocycles. The minimum atomic E-state index is -1.48. The molecular formula is C9H6F3N5. The Morgan fingerprint density at radius 3 is 2.47 bits per heavy atom. The Balaban J connectivity index is 3.09. The Morgan fingerprint density at radius 2 is 1.94 bits per heavy atom. The maximum Gasteiger partial charge on any atom is 0.201 e. The monoisotopic (exact) mass is 241 g/mol. The molecule has 0 spiro atoms. The number of hydrogen-bond acceptors (Lipinski definition) is 4. The molecule has 0 unspecified atom stereocenters. The van der Waals surface area contributed by atoms with E-state index in [1.54, 1.807) is 0 Å². The zero-order valence-corrected chi connectivity index (χ0v) is 8.26. The first-order valence-corrected chi connectivity index (χ1v) is 4.19. The van der Waals surface area contributed by atoms with Gasteiger partial charge in [0.2, 0.25) is 5.71 Å². The summed E-state index contributed by atoms with van der Waals surface area (Å²) < 4.78 is 38.9. The highest BCUT2D eigenvalue weighted by atomic mass is 19.2. The predicted molar refractivity (Wildman–Crippen MR) is 54.9 cm³/mol. The number of halogens is 3. The number of hydrogen-bond donors (Lipinski definition) is 3. The minimum Gasteiger partial charge on any atom is -0.382 e. The van der Waals surface area contributed by atoms with Crippen LogP contribution in [-0.2, 0) is 0 Å². The fraction of sp³-hybridized carbons (Fsp3) is 0. The largest absolute Gasteiger partial charge is 0.382 e. The molecule has 5 nitrogen and oxygen atoms in total. The van der Waals surface area contributed by atoms with Crippen molar-refractivity contribution in [2.24, 2.45) is 10.8 Å². The van der Waals surface area contributed by atoms with Crippen LogP contribution in [0.2, 0.25) is 0 Å². The average Bonchev–Trinajstić information content (AvgIpc) is 2.28. The van der Waals surface area contributed by atoms with Crippen molar-refractivity contribution in [3.63, 3.8) is 0 Å². The van der Waals surface area contributed by atoms with E-state index < -0.39 is 34.7 Å². The van der Waals surface area contributed by atoms with Crippen LogP contribution < -0.4 is 11.2 Å². The van der Waals surface area contributed by atoms with Gasteiger partial charge in [0.15, 0.2) is 23.3 Å². The van der Waals surface area contributed by atoms with Crippen molar-refractivity contribution in [3.8, 4) is 6.07 Å². The van der Waals surface area contributed by atoms with Crippen molar-refractivity contribution in [2.75, 3.05) is 5.43 Å². The first-order chi connectivity index (χ1) is 7.97. The molecule has 0 fully saturated rings. The number of nitrogens with two attached hydrogens (primary N) is 1. The van der Waals surface area contributed by atoms with E-state index in [2.05, 4.69) is 5.10 Å². The summed E-state index contributed by atoms with van der Waals surface area (Å²) >= 11 is 0. The lowest BCUT2D eigenvalue weighted by Gasteiger charge is -2.04. The van der Waals surface area contributed by atoms with Crippen LogP contribution in [0.1, 0.15) is 0 Å². The number of anilines is 1. The number of nitrogens with one attached hydrogen (secondary N) is 2. The number of amidine groups is 1. The Labute approximate surface area is 93.9 Å². The van der Waals surface area contributed by atoms with Crippen LogP contribution in [0.4, 0.5) is 18.9 Å². The fourth-order valence-electron chi connectivity index (χ4n) is 0.887. The molecule has 0 radical (unpaired) electrons. The lowest BCUT2D eigenvalue weighted by atomic mass is 10.3. The Morgan fingerprint density at radius 1 is 1.35 bits per heavy atom. The van der Waals surface area contributed by atoms with Gasteiger partial charge in [-0.15, -0.1) is 0 Å². The van der Waals surface area contributed by atoms with Crippen molar-refractivity contribution >= 4 is 17.2 Å². The molecule has 8 heteroatoms.